The number of anilines is 1. The van der Waals surface area contributed by atoms with E-state index in [9.17, 15) is 24.2 Å². The number of nitrogens with one attached hydrogen (secondary N) is 1. The summed E-state index contributed by atoms with van der Waals surface area (Å²) < 4.78 is 30.8. The Morgan fingerprint density at radius 1 is 1.07 bits per heavy atom. The molecule has 1 saturated heterocycles. The van der Waals surface area contributed by atoms with Gasteiger partial charge in [0.05, 0.1) is 12.4 Å². The van der Waals surface area contributed by atoms with Crippen molar-refractivity contribution >= 4 is 43.5 Å². The average Bonchev–Trinajstić information content (AvgIpc) is 3.29. The van der Waals surface area contributed by atoms with E-state index in [4.69, 9.17) is 26.1 Å². The van der Waals surface area contributed by atoms with E-state index in [0.29, 0.717) is 22.9 Å². The van der Waals surface area contributed by atoms with Crippen LogP contribution in [0.2, 0.25) is 5.28 Å². The van der Waals surface area contributed by atoms with Crippen LogP contribution >= 0.6 is 26.6 Å². The Hall–Kier alpha value is -1.14. The maximum atomic E-state index is 12.2. The quantitative estimate of drug-likeness (QED) is 0.187. The van der Waals surface area contributed by atoms with E-state index in [-0.39, 0.29) is 28.1 Å². The van der Waals surface area contributed by atoms with E-state index in [1.54, 1.807) is 0 Å². The summed E-state index contributed by atoms with van der Waals surface area (Å²) in [4.78, 5) is 41.5. The molecule has 16 heteroatoms. The fourth-order valence-electron chi connectivity index (χ4n) is 8.89. The predicted molar refractivity (Wildman–Crippen MR) is 146 cm³/mol. The van der Waals surface area contributed by atoms with Gasteiger partial charge in [-0.2, -0.15) is 9.97 Å². The number of imidazole rings is 1. The highest BCUT2D eigenvalue weighted by atomic mass is 35.5. The van der Waals surface area contributed by atoms with Crippen LogP contribution in [0.15, 0.2) is 6.33 Å². The zero-order chi connectivity index (χ0) is 28.9. The van der Waals surface area contributed by atoms with Crippen molar-refractivity contribution in [2.24, 2.45) is 16.7 Å². The fourth-order valence-corrected chi connectivity index (χ4v) is 12.6. The SMILES string of the molecule is C[C@]12C[C@@H]3C[C@](C)(C1)C[C@@](Nc1nc(Cl)nc4c1ncn4[C@@H]1O[C@H](CCP(=O)(O)CP(=O)(O)O)C(O)C1O)(C3)C2. The second kappa shape index (κ2) is 9.43. The van der Waals surface area contributed by atoms with Gasteiger partial charge < -0.3 is 34.9 Å². The lowest BCUT2D eigenvalue weighted by molar-refractivity contribution is -0.0973. The summed E-state index contributed by atoms with van der Waals surface area (Å²) in [6.07, 6.45) is 2.55. The van der Waals surface area contributed by atoms with Crippen molar-refractivity contribution in [3.63, 3.8) is 0 Å². The zero-order valence-electron chi connectivity index (χ0n) is 22.4. The second-order valence-electron chi connectivity index (χ2n) is 13.4. The van der Waals surface area contributed by atoms with E-state index in [1.807, 2.05) is 0 Å². The van der Waals surface area contributed by atoms with Gasteiger partial charge in [0.2, 0.25) is 12.7 Å². The number of halogens is 1. The Morgan fingerprint density at radius 2 is 1.75 bits per heavy atom. The first-order valence-electron chi connectivity index (χ1n) is 13.5. The van der Waals surface area contributed by atoms with E-state index in [0.717, 1.165) is 19.3 Å². The lowest BCUT2D eigenvalue weighted by Gasteiger charge is -2.65. The molecule has 3 heterocycles. The average molecular weight is 620 g/mol. The maximum Gasteiger partial charge on any atom is 0.335 e. The van der Waals surface area contributed by atoms with Crippen molar-refractivity contribution in [2.75, 3.05) is 17.4 Å². The minimum Gasteiger partial charge on any atom is -0.388 e. The van der Waals surface area contributed by atoms with Gasteiger partial charge in [0.1, 0.15) is 18.1 Å². The van der Waals surface area contributed by atoms with Gasteiger partial charge in [-0.1, -0.05) is 13.8 Å². The number of nitrogens with zero attached hydrogens (tertiary/aromatic N) is 4. The molecule has 2 aromatic rings. The second-order valence-corrected chi connectivity index (χ2v) is 18.4. The molecule has 40 heavy (non-hydrogen) atoms. The molecule has 2 aromatic heterocycles. The molecule has 5 fully saturated rings. The first kappa shape index (κ1) is 29.0. The van der Waals surface area contributed by atoms with Gasteiger partial charge in [-0.15, -0.1) is 0 Å². The lowest BCUT2D eigenvalue weighted by Crippen LogP contribution is -2.61. The molecule has 9 atom stereocenters. The Labute approximate surface area is 236 Å². The first-order chi connectivity index (χ1) is 18.5. The van der Waals surface area contributed by atoms with E-state index in [1.165, 1.54) is 30.2 Å². The van der Waals surface area contributed by atoms with Crippen molar-refractivity contribution in [1.29, 1.82) is 0 Å². The molecule has 0 radical (unpaired) electrons. The Bertz CT molecular complexity index is 1420. The number of ether oxygens (including phenoxy) is 1. The zero-order valence-corrected chi connectivity index (χ0v) is 24.9. The summed E-state index contributed by atoms with van der Waals surface area (Å²) in [5, 5.41) is 25.1. The highest BCUT2D eigenvalue weighted by Crippen LogP contribution is 2.67. The number of hydrogen-bond acceptors (Lipinski definition) is 9. The Balaban J connectivity index is 1.25. The van der Waals surface area contributed by atoms with Gasteiger partial charge in [0.25, 0.3) is 0 Å². The summed E-state index contributed by atoms with van der Waals surface area (Å²) in [6.45, 7) is 4.76. The van der Waals surface area contributed by atoms with Gasteiger partial charge in [0, 0.05) is 11.7 Å². The third-order valence-corrected chi connectivity index (χ3v) is 13.6. The summed E-state index contributed by atoms with van der Waals surface area (Å²) in [5.74, 6) is -0.00112. The lowest BCUT2D eigenvalue weighted by atomic mass is 9.43. The summed E-state index contributed by atoms with van der Waals surface area (Å²) in [5.41, 5.74) is 1.16. The van der Waals surface area contributed by atoms with Gasteiger partial charge >= 0.3 is 7.60 Å². The van der Waals surface area contributed by atoms with Crippen LogP contribution in [-0.4, -0.2) is 80.3 Å². The van der Waals surface area contributed by atoms with Gasteiger partial charge in [0.15, 0.2) is 23.2 Å². The molecule has 0 amide bonds. The molecule has 0 spiro atoms. The Morgan fingerprint density at radius 3 is 2.38 bits per heavy atom. The van der Waals surface area contributed by atoms with Crippen molar-refractivity contribution in [3.05, 3.63) is 11.6 Å². The molecule has 7 rings (SSSR count). The van der Waals surface area contributed by atoms with Crippen LogP contribution in [0.3, 0.4) is 0 Å². The monoisotopic (exact) mass is 619 g/mol. The molecule has 1 aliphatic heterocycles. The van der Waals surface area contributed by atoms with Crippen LogP contribution in [0.4, 0.5) is 5.82 Å². The molecule has 5 aliphatic rings. The van der Waals surface area contributed by atoms with Crippen molar-refractivity contribution in [3.8, 4) is 0 Å². The number of fused-ring (bicyclic) bond motifs is 1. The van der Waals surface area contributed by atoms with Gasteiger partial charge in [-0.25, -0.2) is 4.98 Å². The molecule has 4 bridgehead atoms. The molecule has 222 valence electrons. The molecular weight excluding hydrogens is 584 g/mol. The van der Waals surface area contributed by atoms with Crippen LogP contribution in [0.1, 0.15) is 65.0 Å². The smallest absolute Gasteiger partial charge is 0.335 e. The minimum absolute atomic E-state index is 0.0119. The first-order valence-corrected chi connectivity index (χ1v) is 17.7. The normalized spacial score (nSPS) is 40.5. The molecular formula is C24H36ClN5O8P2. The number of aromatic nitrogens is 4. The van der Waals surface area contributed by atoms with Gasteiger partial charge in [-0.05, 0) is 73.3 Å². The standard InChI is InChI=1S/C24H36ClN5O8P2/c1-22-5-13-6-23(2,8-22)10-24(7-13,9-22)29-18-15-19(28-21(25)27-18)30(11-26-15)20-17(32)16(31)14(38-20)3-4-39(33,34)12-40(35,36)37/h11,13-14,16-17,20,31-32H,3-10,12H2,1-2H3,(H,33,34)(H,27,28,29)(H2,35,36,37)/t13-,14-,16?,17?,20-,22+,23-,24-/m1/s1. The minimum atomic E-state index is -4.70. The van der Waals surface area contributed by atoms with Crippen LogP contribution in [0.5, 0.6) is 0 Å². The van der Waals surface area contributed by atoms with Crippen LogP contribution in [0.25, 0.3) is 11.2 Å². The van der Waals surface area contributed by atoms with Crippen molar-refractivity contribution < 1.29 is 38.8 Å². The molecule has 4 aliphatic carbocycles. The summed E-state index contributed by atoms with van der Waals surface area (Å²) >= 11 is 6.37. The summed E-state index contributed by atoms with van der Waals surface area (Å²) in [7, 11) is -8.89. The van der Waals surface area contributed by atoms with Gasteiger partial charge in [-0.3, -0.25) is 13.7 Å². The molecule has 3 unspecified atom stereocenters. The maximum absolute atomic E-state index is 12.2. The topological polar surface area (TPSA) is 200 Å². The molecule has 4 saturated carbocycles. The highest BCUT2D eigenvalue weighted by molar-refractivity contribution is 7.72. The third-order valence-electron chi connectivity index (χ3n) is 9.18. The van der Waals surface area contributed by atoms with E-state index in [2.05, 4.69) is 34.1 Å². The predicted octanol–water partition coefficient (Wildman–Crippen LogP) is 3.06. The summed E-state index contributed by atoms with van der Waals surface area (Å²) in [6, 6.07) is 0. The number of aliphatic hydroxyl groups is 2. The fraction of sp³-hybridized carbons (Fsp3) is 0.792. The van der Waals surface area contributed by atoms with Crippen LogP contribution < -0.4 is 5.32 Å². The third kappa shape index (κ3) is 5.38. The number of hydrogen-bond donors (Lipinski definition) is 6. The molecule has 6 N–H and O–H groups in total. The van der Waals surface area contributed by atoms with Crippen LogP contribution in [-0.2, 0) is 13.9 Å². The number of aliphatic hydroxyl groups excluding tert-OH is 2. The molecule has 13 nitrogen and oxygen atoms in total. The Kier molecular flexibility index (Phi) is 6.83. The van der Waals surface area contributed by atoms with Crippen LogP contribution in [0, 0.1) is 16.7 Å². The number of rotatable bonds is 8. The van der Waals surface area contributed by atoms with E-state index >= 15 is 0 Å². The largest absolute Gasteiger partial charge is 0.388 e. The van der Waals surface area contributed by atoms with Crippen molar-refractivity contribution in [2.45, 2.75) is 88.9 Å². The van der Waals surface area contributed by atoms with Crippen molar-refractivity contribution in [1.82, 2.24) is 19.5 Å². The molecule has 0 aromatic carbocycles. The highest BCUT2D eigenvalue weighted by Gasteiger charge is 2.60. The van der Waals surface area contributed by atoms with E-state index < -0.39 is 51.6 Å².